The topological polar surface area (TPSA) is 74.8 Å². The molecule has 1 aromatic carbocycles. The first-order valence-electron chi connectivity index (χ1n) is 6.82. The van der Waals surface area contributed by atoms with Gasteiger partial charge >= 0.3 is 4.87 Å². The van der Waals surface area contributed by atoms with Crippen molar-refractivity contribution >= 4 is 11.3 Å². The number of nitrogens with one attached hydrogen (secondary N) is 1. The highest BCUT2D eigenvalue weighted by molar-refractivity contribution is 7.09. The monoisotopic (exact) mass is 324 g/mol. The molecular weight excluding hydrogens is 304 g/mol. The molecule has 7 heteroatoms. The largest absolute Gasteiger partial charge is 0.493 e. The zero-order valence-corrected chi connectivity index (χ0v) is 13.7. The van der Waals surface area contributed by atoms with E-state index in [0.717, 1.165) is 16.1 Å². The lowest BCUT2D eigenvalue weighted by Gasteiger charge is -2.15. The number of nitrogens with zero attached hydrogens (tertiary/aromatic N) is 1. The van der Waals surface area contributed by atoms with Gasteiger partial charge in [0.05, 0.1) is 26.5 Å². The summed E-state index contributed by atoms with van der Waals surface area (Å²) in [7, 11) is 5.06. The molecule has 0 atom stereocenters. The predicted octanol–water partition coefficient (Wildman–Crippen LogP) is 1.54. The van der Waals surface area contributed by atoms with E-state index in [-0.39, 0.29) is 11.5 Å². The first kappa shape index (κ1) is 16.5. The van der Waals surface area contributed by atoms with Crippen LogP contribution in [0, 0.1) is 0 Å². The first-order chi connectivity index (χ1) is 10.6. The van der Waals surface area contributed by atoms with Crippen molar-refractivity contribution in [2.75, 3.05) is 34.4 Å². The lowest BCUT2D eigenvalue weighted by Crippen LogP contribution is -2.21. The number of methoxy groups -OCH3 is 2. The highest BCUT2D eigenvalue weighted by Crippen LogP contribution is 2.33. The van der Waals surface area contributed by atoms with Crippen molar-refractivity contribution in [1.29, 1.82) is 0 Å². The lowest BCUT2D eigenvalue weighted by molar-refractivity contribution is 0.218. The molecule has 22 heavy (non-hydrogen) atoms. The van der Waals surface area contributed by atoms with Crippen LogP contribution in [-0.4, -0.2) is 49.4 Å². The van der Waals surface area contributed by atoms with Crippen LogP contribution in [0.15, 0.2) is 23.0 Å². The van der Waals surface area contributed by atoms with E-state index in [9.17, 15) is 4.79 Å². The minimum Gasteiger partial charge on any atom is -0.493 e. The number of benzene rings is 1. The van der Waals surface area contributed by atoms with E-state index < -0.39 is 0 Å². The number of aromatic nitrogens is 1. The van der Waals surface area contributed by atoms with E-state index in [0.29, 0.717) is 24.6 Å². The molecule has 0 fully saturated rings. The Labute approximate surface area is 132 Å². The maximum absolute atomic E-state index is 11.7. The average molecular weight is 324 g/mol. The number of aliphatic hydroxyl groups excluding tert-OH is 1. The van der Waals surface area contributed by atoms with Crippen LogP contribution in [0.2, 0.25) is 0 Å². The number of ether oxygens (including phenoxy) is 2. The lowest BCUT2D eigenvalue weighted by atomic mass is 10.1. The molecule has 0 aliphatic carbocycles. The van der Waals surface area contributed by atoms with Crippen molar-refractivity contribution in [2.24, 2.45) is 0 Å². The maximum atomic E-state index is 11.7. The zero-order chi connectivity index (χ0) is 16.1. The Balaban J connectivity index is 2.38. The molecule has 6 nitrogen and oxygen atoms in total. The van der Waals surface area contributed by atoms with Crippen LogP contribution < -0.4 is 14.3 Å². The first-order valence-corrected chi connectivity index (χ1v) is 7.64. The second-order valence-electron chi connectivity index (χ2n) is 4.84. The van der Waals surface area contributed by atoms with Crippen LogP contribution in [0.4, 0.5) is 0 Å². The highest BCUT2D eigenvalue weighted by Gasteiger charge is 2.14. The van der Waals surface area contributed by atoms with Crippen molar-refractivity contribution in [1.82, 2.24) is 9.88 Å². The smallest absolute Gasteiger partial charge is 0.305 e. The van der Waals surface area contributed by atoms with E-state index in [1.54, 1.807) is 14.2 Å². The molecule has 0 aliphatic rings. The summed E-state index contributed by atoms with van der Waals surface area (Å²) in [6, 6.07) is 5.53. The third-order valence-corrected chi connectivity index (χ3v) is 4.16. The summed E-state index contributed by atoms with van der Waals surface area (Å²) in [5.74, 6) is 1.25. The van der Waals surface area contributed by atoms with Crippen LogP contribution in [0.1, 0.15) is 4.88 Å². The van der Waals surface area contributed by atoms with Crippen LogP contribution >= 0.6 is 11.3 Å². The average Bonchev–Trinajstić information content (AvgIpc) is 2.87. The second kappa shape index (κ2) is 7.44. The zero-order valence-electron chi connectivity index (χ0n) is 12.9. The number of aliphatic hydroxyl groups is 1. The summed E-state index contributed by atoms with van der Waals surface area (Å²) in [4.78, 5) is 17.4. The van der Waals surface area contributed by atoms with Crippen molar-refractivity contribution < 1.29 is 14.6 Å². The fourth-order valence-electron chi connectivity index (χ4n) is 2.19. The van der Waals surface area contributed by atoms with Gasteiger partial charge in [0.15, 0.2) is 11.5 Å². The number of thiazole rings is 1. The van der Waals surface area contributed by atoms with Crippen molar-refractivity contribution in [3.05, 3.63) is 32.7 Å². The Bertz CT molecular complexity index is 680. The van der Waals surface area contributed by atoms with Gasteiger partial charge in [0.25, 0.3) is 0 Å². The third kappa shape index (κ3) is 3.68. The molecule has 2 aromatic rings. The number of aromatic amines is 1. The minimum atomic E-state index is -0.0998. The standard InChI is InChI=1S/C15H20N2O4S/c1-17(6-7-18)9-13-14(16-15(19)22-13)10-4-5-11(20-2)12(8-10)21-3/h4-5,8,18H,6-7,9H2,1-3H3,(H,16,19). The number of hydrogen-bond acceptors (Lipinski definition) is 6. The van der Waals surface area contributed by atoms with E-state index >= 15 is 0 Å². The molecule has 120 valence electrons. The summed E-state index contributed by atoms with van der Waals surface area (Å²) in [5, 5.41) is 8.99. The number of likely N-dealkylation sites (N-methyl/N-ethyl adjacent to an activating group) is 1. The molecule has 0 spiro atoms. The quantitative estimate of drug-likeness (QED) is 0.808. The SMILES string of the molecule is COc1ccc(-c2[nH]c(=O)sc2CN(C)CCO)cc1OC. The number of rotatable bonds is 7. The summed E-state index contributed by atoms with van der Waals surface area (Å²) in [6.45, 7) is 1.23. The fourth-order valence-corrected chi connectivity index (χ4v) is 3.12. The Hall–Kier alpha value is -1.83. The number of H-pyrrole nitrogens is 1. The van der Waals surface area contributed by atoms with Gasteiger partial charge in [-0.05, 0) is 25.2 Å². The molecule has 1 aromatic heterocycles. The van der Waals surface area contributed by atoms with Gasteiger partial charge in [-0.1, -0.05) is 11.3 Å². The van der Waals surface area contributed by atoms with E-state index in [4.69, 9.17) is 14.6 Å². The Morgan fingerprint density at radius 3 is 2.64 bits per heavy atom. The third-order valence-electron chi connectivity index (χ3n) is 3.29. The van der Waals surface area contributed by atoms with E-state index in [2.05, 4.69) is 4.98 Å². The van der Waals surface area contributed by atoms with Crippen molar-refractivity contribution in [3.8, 4) is 22.8 Å². The second-order valence-corrected chi connectivity index (χ2v) is 5.91. The van der Waals surface area contributed by atoms with Gasteiger partial charge in [-0.2, -0.15) is 0 Å². The molecule has 0 bridgehead atoms. The molecule has 0 saturated carbocycles. The van der Waals surface area contributed by atoms with Crippen molar-refractivity contribution in [3.63, 3.8) is 0 Å². The predicted molar refractivity (Wildman–Crippen MR) is 86.9 cm³/mol. The van der Waals surface area contributed by atoms with Crippen LogP contribution in [0.5, 0.6) is 11.5 Å². The van der Waals surface area contributed by atoms with Gasteiger partial charge in [0, 0.05) is 23.5 Å². The van der Waals surface area contributed by atoms with E-state index in [1.807, 2.05) is 30.1 Å². The molecule has 0 unspecified atom stereocenters. The maximum Gasteiger partial charge on any atom is 0.305 e. The minimum absolute atomic E-state index is 0.0848. The van der Waals surface area contributed by atoms with Gasteiger partial charge in [-0.3, -0.25) is 9.69 Å². The van der Waals surface area contributed by atoms with Gasteiger partial charge < -0.3 is 19.6 Å². The summed E-state index contributed by atoms with van der Waals surface area (Å²) in [6.07, 6.45) is 0. The van der Waals surface area contributed by atoms with Crippen LogP contribution in [0.25, 0.3) is 11.3 Å². The molecule has 0 saturated heterocycles. The molecule has 0 amide bonds. The van der Waals surface area contributed by atoms with Gasteiger partial charge in [-0.25, -0.2) is 0 Å². The molecule has 2 rings (SSSR count). The van der Waals surface area contributed by atoms with Gasteiger partial charge in [0.1, 0.15) is 0 Å². The molecule has 2 N–H and O–H groups in total. The summed E-state index contributed by atoms with van der Waals surface area (Å²) < 4.78 is 10.5. The number of hydrogen-bond donors (Lipinski definition) is 2. The van der Waals surface area contributed by atoms with Crippen LogP contribution in [-0.2, 0) is 6.54 Å². The Morgan fingerprint density at radius 1 is 1.27 bits per heavy atom. The van der Waals surface area contributed by atoms with Crippen molar-refractivity contribution in [2.45, 2.75) is 6.54 Å². The van der Waals surface area contributed by atoms with Gasteiger partial charge in [-0.15, -0.1) is 0 Å². The Morgan fingerprint density at radius 2 is 2.00 bits per heavy atom. The fraction of sp³-hybridized carbons (Fsp3) is 0.400. The Kier molecular flexibility index (Phi) is 5.59. The highest BCUT2D eigenvalue weighted by atomic mass is 32.1. The summed E-state index contributed by atoms with van der Waals surface area (Å²) >= 11 is 1.18. The van der Waals surface area contributed by atoms with Gasteiger partial charge in [0.2, 0.25) is 0 Å². The summed E-state index contributed by atoms with van der Waals surface area (Å²) in [5.41, 5.74) is 1.64. The molecule has 0 radical (unpaired) electrons. The van der Waals surface area contributed by atoms with E-state index in [1.165, 1.54) is 11.3 Å². The van der Waals surface area contributed by atoms with Crippen LogP contribution in [0.3, 0.4) is 0 Å². The molecular formula is C15H20N2O4S. The molecule has 1 heterocycles. The normalized spacial score (nSPS) is 11.0. The molecule has 0 aliphatic heterocycles.